The average molecular weight is 255 g/mol. The summed E-state index contributed by atoms with van der Waals surface area (Å²) in [6.45, 7) is 12.7. The lowest BCUT2D eigenvalue weighted by molar-refractivity contribution is 0.308. The van der Waals surface area contributed by atoms with Crippen LogP contribution in [-0.2, 0) is 13.0 Å². The third-order valence-electron chi connectivity index (χ3n) is 3.04. The van der Waals surface area contributed by atoms with Gasteiger partial charge in [-0.25, -0.2) is 4.98 Å². The summed E-state index contributed by atoms with van der Waals surface area (Å²) >= 11 is 1.79. The fourth-order valence-electron chi connectivity index (χ4n) is 1.91. The van der Waals surface area contributed by atoms with Crippen LogP contribution >= 0.6 is 11.3 Å². The Balaban J connectivity index is 2.66. The Morgan fingerprint density at radius 1 is 1.29 bits per heavy atom. The second-order valence-electron chi connectivity index (χ2n) is 4.55. The summed E-state index contributed by atoms with van der Waals surface area (Å²) < 4.78 is 0. The van der Waals surface area contributed by atoms with E-state index in [-0.39, 0.29) is 0 Å². The largest absolute Gasteiger partial charge is 0.326 e. The lowest BCUT2D eigenvalue weighted by Gasteiger charge is -2.16. The quantitative estimate of drug-likeness (QED) is 0.814. The van der Waals surface area contributed by atoms with Gasteiger partial charge in [-0.1, -0.05) is 27.7 Å². The van der Waals surface area contributed by atoms with Crippen molar-refractivity contribution in [2.45, 2.75) is 46.6 Å². The molecule has 0 aromatic carbocycles. The maximum Gasteiger partial charge on any atom is 0.0944 e. The van der Waals surface area contributed by atoms with Crippen molar-refractivity contribution in [3.8, 4) is 0 Å². The van der Waals surface area contributed by atoms with Crippen molar-refractivity contribution in [1.82, 2.24) is 9.88 Å². The third kappa shape index (κ3) is 4.05. The standard InChI is InChI=1S/C13H25N3S/c1-5-16(6-2)8-7-12-15-13(10(3)4)11(9-14)17-12/h10H,5-9,14H2,1-4H3. The predicted molar refractivity (Wildman–Crippen MR) is 75.6 cm³/mol. The highest BCUT2D eigenvalue weighted by Crippen LogP contribution is 2.25. The van der Waals surface area contributed by atoms with Crippen LogP contribution < -0.4 is 5.73 Å². The first-order valence-electron chi connectivity index (χ1n) is 6.53. The minimum Gasteiger partial charge on any atom is -0.326 e. The Kier molecular flexibility index (Phi) is 6.09. The summed E-state index contributed by atoms with van der Waals surface area (Å²) in [5.41, 5.74) is 6.97. The van der Waals surface area contributed by atoms with Crippen LogP contribution in [0, 0.1) is 0 Å². The van der Waals surface area contributed by atoms with Gasteiger partial charge in [0, 0.05) is 24.4 Å². The minimum atomic E-state index is 0.479. The van der Waals surface area contributed by atoms with Crippen molar-refractivity contribution in [3.63, 3.8) is 0 Å². The summed E-state index contributed by atoms with van der Waals surface area (Å²) in [5, 5.41) is 1.24. The zero-order chi connectivity index (χ0) is 12.8. The number of thiazole rings is 1. The van der Waals surface area contributed by atoms with Gasteiger partial charge in [0.1, 0.15) is 0 Å². The van der Waals surface area contributed by atoms with Crippen molar-refractivity contribution in [2.75, 3.05) is 19.6 Å². The highest BCUT2D eigenvalue weighted by atomic mass is 32.1. The molecule has 0 radical (unpaired) electrons. The highest BCUT2D eigenvalue weighted by Gasteiger charge is 2.13. The fourth-order valence-corrected chi connectivity index (χ4v) is 3.00. The van der Waals surface area contributed by atoms with Crippen molar-refractivity contribution in [3.05, 3.63) is 15.6 Å². The minimum absolute atomic E-state index is 0.479. The van der Waals surface area contributed by atoms with Crippen LogP contribution in [0.15, 0.2) is 0 Å². The summed E-state index contributed by atoms with van der Waals surface area (Å²) in [5.74, 6) is 0.479. The summed E-state index contributed by atoms with van der Waals surface area (Å²) in [6.07, 6.45) is 1.05. The van der Waals surface area contributed by atoms with Crippen LogP contribution in [0.3, 0.4) is 0 Å². The van der Waals surface area contributed by atoms with Gasteiger partial charge in [0.2, 0.25) is 0 Å². The monoisotopic (exact) mass is 255 g/mol. The molecule has 1 aromatic rings. The maximum atomic E-state index is 5.77. The zero-order valence-corrected chi connectivity index (χ0v) is 12.3. The molecule has 98 valence electrons. The molecule has 1 heterocycles. The molecule has 17 heavy (non-hydrogen) atoms. The van der Waals surface area contributed by atoms with Gasteiger partial charge in [-0.15, -0.1) is 11.3 Å². The van der Waals surface area contributed by atoms with Crippen LogP contribution in [0.5, 0.6) is 0 Å². The number of hydrogen-bond acceptors (Lipinski definition) is 4. The van der Waals surface area contributed by atoms with Gasteiger partial charge in [0.25, 0.3) is 0 Å². The number of hydrogen-bond donors (Lipinski definition) is 1. The molecule has 3 nitrogen and oxygen atoms in total. The van der Waals surface area contributed by atoms with Crippen molar-refractivity contribution < 1.29 is 0 Å². The predicted octanol–water partition coefficient (Wildman–Crippen LogP) is 2.61. The second-order valence-corrected chi connectivity index (χ2v) is 5.72. The molecule has 0 fully saturated rings. The summed E-state index contributed by atoms with van der Waals surface area (Å²) in [6, 6.07) is 0. The Hall–Kier alpha value is -0.450. The van der Waals surface area contributed by atoms with Crippen molar-refractivity contribution >= 4 is 11.3 Å². The molecule has 0 bridgehead atoms. The molecular formula is C13H25N3S. The Bertz CT molecular complexity index is 329. The van der Waals surface area contributed by atoms with Crippen LogP contribution in [0.25, 0.3) is 0 Å². The average Bonchev–Trinajstić information content (AvgIpc) is 2.74. The van der Waals surface area contributed by atoms with Gasteiger partial charge < -0.3 is 10.6 Å². The first-order valence-corrected chi connectivity index (χ1v) is 7.34. The molecule has 0 aliphatic rings. The van der Waals surface area contributed by atoms with Crippen LogP contribution in [-0.4, -0.2) is 29.5 Å². The number of rotatable bonds is 7. The molecule has 0 aliphatic carbocycles. The number of nitrogens with zero attached hydrogens (tertiary/aromatic N) is 2. The second kappa shape index (κ2) is 7.09. The van der Waals surface area contributed by atoms with Gasteiger partial charge in [0.15, 0.2) is 0 Å². The first-order chi connectivity index (χ1) is 8.12. The molecule has 1 aromatic heterocycles. The smallest absolute Gasteiger partial charge is 0.0944 e. The number of aromatic nitrogens is 1. The fraction of sp³-hybridized carbons (Fsp3) is 0.769. The zero-order valence-electron chi connectivity index (χ0n) is 11.5. The molecular weight excluding hydrogens is 230 g/mol. The van der Waals surface area contributed by atoms with E-state index in [0.29, 0.717) is 12.5 Å². The van der Waals surface area contributed by atoms with Crippen LogP contribution in [0.1, 0.15) is 49.2 Å². The van der Waals surface area contributed by atoms with E-state index in [9.17, 15) is 0 Å². The molecule has 0 unspecified atom stereocenters. The van der Waals surface area contributed by atoms with E-state index in [1.165, 1.54) is 15.6 Å². The Morgan fingerprint density at radius 2 is 1.94 bits per heavy atom. The SMILES string of the molecule is CCN(CC)CCc1nc(C(C)C)c(CN)s1. The van der Waals surface area contributed by atoms with Crippen LogP contribution in [0.4, 0.5) is 0 Å². The Morgan fingerprint density at radius 3 is 2.35 bits per heavy atom. The van der Waals surface area contributed by atoms with E-state index in [4.69, 9.17) is 10.7 Å². The topological polar surface area (TPSA) is 42.2 Å². The van der Waals surface area contributed by atoms with Gasteiger partial charge in [0.05, 0.1) is 10.7 Å². The molecule has 0 saturated heterocycles. The van der Waals surface area contributed by atoms with E-state index in [1.54, 1.807) is 11.3 Å². The van der Waals surface area contributed by atoms with Crippen molar-refractivity contribution in [2.24, 2.45) is 5.73 Å². The van der Waals surface area contributed by atoms with Crippen molar-refractivity contribution in [1.29, 1.82) is 0 Å². The molecule has 4 heteroatoms. The lowest BCUT2D eigenvalue weighted by atomic mass is 10.1. The number of likely N-dealkylation sites (N-methyl/N-ethyl adjacent to an activating group) is 1. The normalized spacial score (nSPS) is 11.7. The van der Waals surface area contributed by atoms with Gasteiger partial charge in [-0.3, -0.25) is 0 Å². The molecule has 0 saturated carbocycles. The van der Waals surface area contributed by atoms with Gasteiger partial charge in [-0.05, 0) is 19.0 Å². The first kappa shape index (κ1) is 14.6. The van der Waals surface area contributed by atoms with Gasteiger partial charge in [-0.2, -0.15) is 0 Å². The third-order valence-corrected chi connectivity index (χ3v) is 4.19. The van der Waals surface area contributed by atoms with E-state index in [2.05, 4.69) is 32.6 Å². The van der Waals surface area contributed by atoms with E-state index < -0.39 is 0 Å². The van der Waals surface area contributed by atoms with Gasteiger partial charge >= 0.3 is 0 Å². The maximum absolute atomic E-state index is 5.77. The molecule has 0 amide bonds. The molecule has 0 aliphatic heterocycles. The van der Waals surface area contributed by atoms with E-state index in [0.717, 1.165) is 26.1 Å². The highest BCUT2D eigenvalue weighted by molar-refractivity contribution is 7.11. The molecule has 0 spiro atoms. The molecule has 2 N–H and O–H groups in total. The van der Waals surface area contributed by atoms with Crippen LogP contribution in [0.2, 0.25) is 0 Å². The van der Waals surface area contributed by atoms with E-state index >= 15 is 0 Å². The number of nitrogens with two attached hydrogens (primary N) is 1. The lowest BCUT2D eigenvalue weighted by Crippen LogP contribution is -2.25. The molecule has 0 atom stereocenters. The summed E-state index contributed by atoms with van der Waals surface area (Å²) in [4.78, 5) is 8.42. The molecule has 1 rings (SSSR count). The summed E-state index contributed by atoms with van der Waals surface area (Å²) in [7, 11) is 0. The van der Waals surface area contributed by atoms with E-state index in [1.807, 2.05) is 0 Å². The Labute approximate surface area is 109 Å².